The smallest absolute Gasteiger partial charge is 0.339 e. The predicted molar refractivity (Wildman–Crippen MR) is 81.6 cm³/mol. The van der Waals surface area contributed by atoms with Crippen molar-refractivity contribution in [2.24, 2.45) is 0 Å². The second kappa shape index (κ2) is 6.69. The Morgan fingerprint density at radius 3 is 2.45 bits per heavy atom. The number of hydrogen-bond acceptors (Lipinski definition) is 5. The quantitative estimate of drug-likeness (QED) is 0.782. The Morgan fingerprint density at radius 1 is 1.18 bits per heavy atom. The third-order valence-electron chi connectivity index (χ3n) is 2.70. The molecule has 0 aromatic heterocycles. The lowest BCUT2D eigenvalue weighted by Crippen LogP contribution is -2.11. The molecule has 0 aliphatic rings. The zero-order valence-corrected chi connectivity index (χ0v) is 13.2. The van der Waals surface area contributed by atoms with Gasteiger partial charge in [0.1, 0.15) is 11.0 Å². The molecule has 0 unspecified atom stereocenters. The normalized spacial score (nSPS) is 10.8. The minimum absolute atomic E-state index is 0.0465. The SMILES string of the molecule is CCOc1ccccc1OS(=O)(=O)c1ccc(C#N)c(Cl)c1. The highest BCUT2D eigenvalue weighted by Gasteiger charge is 2.20. The molecule has 0 heterocycles. The highest BCUT2D eigenvalue weighted by atomic mass is 35.5. The van der Waals surface area contributed by atoms with Crippen LogP contribution in [0.5, 0.6) is 11.5 Å². The van der Waals surface area contributed by atoms with E-state index in [2.05, 4.69) is 0 Å². The van der Waals surface area contributed by atoms with Crippen LogP contribution in [0.25, 0.3) is 0 Å². The van der Waals surface area contributed by atoms with Crippen molar-refractivity contribution < 1.29 is 17.3 Å². The Kier molecular flexibility index (Phi) is 4.91. The highest BCUT2D eigenvalue weighted by molar-refractivity contribution is 7.87. The summed E-state index contributed by atoms with van der Waals surface area (Å²) in [4.78, 5) is -0.136. The molecular formula is C15H12ClNO4S. The van der Waals surface area contributed by atoms with E-state index in [0.29, 0.717) is 12.4 Å². The third kappa shape index (κ3) is 3.50. The predicted octanol–water partition coefficient (Wildman–Crippen LogP) is 3.38. The second-order valence-corrected chi connectivity index (χ2v) is 6.12. The molecule has 0 saturated heterocycles. The molecule has 5 nitrogen and oxygen atoms in total. The Morgan fingerprint density at radius 2 is 1.86 bits per heavy atom. The molecule has 0 bridgehead atoms. The summed E-state index contributed by atoms with van der Waals surface area (Å²) in [6.07, 6.45) is 0. The fourth-order valence-corrected chi connectivity index (χ4v) is 2.96. The van der Waals surface area contributed by atoms with Gasteiger partial charge in [0.15, 0.2) is 11.5 Å². The molecule has 22 heavy (non-hydrogen) atoms. The summed E-state index contributed by atoms with van der Waals surface area (Å²) in [7, 11) is -4.08. The molecule has 2 rings (SSSR count). The van der Waals surface area contributed by atoms with E-state index in [1.165, 1.54) is 24.3 Å². The van der Waals surface area contributed by atoms with Crippen LogP contribution in [0, 0.1) is 11.3 Å². The molecule has 0 aliphatic carbocycles. The van der Waals surface area contributed by atoms with E-state index in [9.17, 15) is 8.42 Å². The van der Waals surface area contributed by atoms with Crippen LogP contribution in [0.3, 0.4) is 0 Å². The Labute approximate surface area is 133 Å². The van der Waals surface area contributed by atoms with E-state index >= 15 is 0 Å². The summed E-state index contributed by atoms with van der Waals surface area (Å²) in [6.45, 7) is 2.16. The molecule has 2 aromatic carbocycles. The Hall–Kier alpha value is -2.23. The lowest BCUT2D eigenvalue weighted by atomic mass is 10.2. The molecule has 0 spiro atoms. The minimum atomic E-state index is -4.08. The van der Waals surface area contributed by atoms with Crippen molar-refractivity contribution in [1.82, 2.24) is 0 Å². The molecule has 0 amide bonds. The average Bonchev–Trinajstić information content (AvgIpc) is 2.49. The van der Waals surface area contributed by atoms with Crippen molar-refractivity contribution in [3.05, 3.63) is 53.1 Å². The van der Waals surface area contributed by atoms with E-state index in [1.54, 1.807) is 25.1 Å². The zero-order valence-electron chi connectivity index (χ0n) is 11.6. The van der Waals surface area contributed by atoms with Gasteiger partial charge in [-0.1, -0.05) is 23.7 Å². The van der Waals surface area contributed by atoms with Gasteiger partial charge in [-0.15, -0.1) is 0 Å². The Balaban J connectivity index is 2.36. The van der Waals surface area contributed by atoms with Gasteiger partial charge in [-0.3, -0.25) is 0 Å². The number of nitriles is 1. The average molecular weight is 338 g/mol. The van der Waals surface area contributed by atoms with Gasteiger partial charge >= 0.3 is 10.1 Å². The first-order valence-electron chi connectivity index (χ1n) is 6.34. The summed E-state index contributed by atoms with van der Waals surface area (Å²) >= 11 is 5.85. The van der Waals surface area contributed by atoms with Crippen LogP contribution in [0.2, 0.25) is 5.02 Å². The van der Waals surface area contributed by atoms with Gasteiger partial charge in [-0.2, -0.15) is 13.7 Å². The van der Waals surface area contributed by atoms with Gasteiger partial charge in [0.05, 0.1) is 17.2 Å². The van der Waals surface area contributed by atoms with Crippen LogP contribution in [0.15, 0.2) is 47.4 Å². The first-order chi connectivity index (χ1) is 10.5. The highest BCUT2D eigenvalue weighted by Crippen LogP contribution is 2.30. The van der Waals surface area contributed by atoms with Crippen molar-refractivity contribution in [3.63, 3.8) is 0 Å². The maximum atomic E-state index is 12.3. The summed E-state index contributed by atoms with van der Waals surface area (Å²) in [6, 6.07) is 12.1. The standard InChI is InChI=1S/C15H12ClNO4S/c1-2-20-14-5-3-4-6-15(14)21-22(18,19)12-8-7-11(10-17)13(16)9-12/h3-9H,2H2,1H3. The largest absolute Gasteiger partial charge is 0.490 e. The van der Waals surface area contributed by atoms with Crippen LogP contribution < -0.4 is 8.92 Å². The van der Waals surface area contributed by atoms with Crippen molar-refractivity contribution in [1.29, 1.82) is 5.26 Å². The molecule has 0 radical (unpaired) electrons. The van der Waals surface area contributed by atoms with Crippen LogP contribution in [-0.4, -0.2) is 15.0 Å². The zero-order chi connectivity index (χ0) is 16.2. The lowest BCUT2D eigenvalue weighted by Gasteiger charge is -2.11. The van der Waals surface area contributed by atoms with Gasteiger partial charge in [-0.05, 0) is 37.3 Å². The van der Waals surface area contributed by atoms with E-state index in [0.717, 1.165) is 0 Å². The first kappa shape index (κ1) is 16.1. The molecule has 0 aliphatic heterocycles. The minimum Gasteiger partial charge on any atom is -0.490 e. The number of rotatable bonds is 5. The number of hydrogen-bond donors (Lipinski definition) is 0. The number of ether oxygens (including phenoxy) is 1. The molecule has 0 saturated carbocycles. The Bertz CT molecular complexity index is 828. The summed E-state index contributed by atoms with van der Waals surface area (Å²) in [5, 5.41) is 8.86. The first-order valence-corrected chi connectivity index (χ1v) is 8.12. The van der Waals surface area contributed by atoms with Crippen LogP contribution in [-0.2, 0) is 10.1 Å². The summed E-state index contributed by atoms with van der Waals surface area (Å²) in [5.41, 5.74) is 0.190. The van der Waals surface area contributed by atoms with Crippen LogP contribution >= 0.6 is 11.6 Å². The molecule has 0 N–H and O–H groups in total. The topological polar surface area (TPSA) is 76.4 Å². The molecular weight excluding hydrogens is 326 g/mol. The number of halogens is 1. The maximum Gasteiger partial charge on any atom is 0.339 e. The van der Waals surface area contributed by atoms with Gasteiger partial charge in [0.25, 0.3) is 0 Å². The van der Waals surface area contributed by atoms with E-state index in [-0.39, 0.29) is 21.2 Å². The second-order valence-electron chi connectivity index (χ2n) is 4.17. The molecule has 0 fully saturated rings. The summed E-state index contributed by atoms with van der Waals surface area (Å²) in [5.74, 6) is 0.415. The fraction of sp³-hybridized carbons (Fsp3) is 0.133. The van der Waals surface area contributed by atoms with E-state index in [1.807, 2.05) is 6.07 Å². The van der Waals surface area contributed by atoms with Gasteiger partial charge in [0.2, 0.25) is 0 Å². The van der Waals surface area contributed by atoms with Gasteiger partial charge in [-0.25, -0.2) is 0 Å². The number of benzene rings is 2. The van der Waals surface area contributed by atoms with Gasteiger partial charge in [0, 0.05) is 0 Å². The number of para-hydroxylation sites is 2. The van der Waals surface area contributed by atoms with Crippen LogP contribution in [0.1, 0.15) is 12.5 Å². The summed E-state index contributed by atoms with van der Waals surface area (Å²) < 4.78 is 35.0. The fourth-order valence-electron chi connectivity index (χ4n) is 1.70. The van der Waals surface area contributed by atoms with Crippen LogP contribution in [0.4, 0.5) is 0 Å². The molecule has 2 aromatic rings. The van der Waals surface area contributed by atoms with Crippen molar-refractivity contribution in [3.8, 4) is 17.6 Å². The van der Waals surface area contributed by atoms with Gasteiger partial charge < -0.3 is 8.92 Å². The third-order valence-corrected chi connectivity index (χ3v) is 4.24. The molecule has 114 valence electrons. The molecule has 7 heteroatoms. The van der Waals surface area contributed by atoms with E-state index in [4.69, 9.17) is 25.8 Å². The van der Waals surface area contributed by atoms with Crippen molar-refractivity contribution >= 4 is 21.7 Å². The molecule has 0 atom stereocenters. The van der Waals surface area contributed by atoms with Crippen molar-refractivity contribution in [2.75, 3.05) is 6.61 Å². The number of nitrogens with zero attached hydrogens (tertiary/aromatic N) is 1. The van der Waals surface area contributed by atoms with E-state index < -0.39 is 10.1 Å². The lowest BCUT2D eigenvalue weighted by molar-refractivity contribution is 0.327. The van der Waals surface area contributed by atoms with Crippen molar-refractivity contribution in [2.45, 2.75) is 11.8 Å². The maximum absolute atomic E-state index is 12.3. The monoisotopic (exact) mass is 337 g/mol.